The molecule has 0 aliphatic rings. The van der Waals surface area contributed by atoms with Crippen LogP contribution in [-0.2, 0) is 30.3 Å². The Labute approximate surface area is 187 Å². The van der Waals surface area contributed by atoms with Gasteiger partial charge in [0, 0.05) is 31.4 Å². The van der Waals surface area contributed by atoms with Crippen LogP contribution in [0.4, 0.5) is 5.69 Å². The first-order valence-electron chi connectivity index (χ1n) is 10.5. The highest BCUT2D eigenvalue weighted by Crippen LogP contribution is 2.16. The van der Waals surface area contributed by atoms with E-state index in [1.165, 1.54) is 0 Å². The van der Waals surface area contributed by atoms with Crippen molar-refractivity contribution in [3.63, 3.8) is 0 Å². The fourth-order valence-electron chi connectivity index (χ4n) is 2.87. The summed E-state index contributed by atoms with van der Waals surface area (Å²) < 4.78 is 5.10. The minimum atomic E-state index is -0.516. The molecule has 0 aliphatic carbocycles. The van der Waals surface area contributed by atoms with E-state index < -0.39 is 17.8 Å². The first-order valence-corrected chi connectivity index (χ1v) is 10.5. The van der Waals surface area contributed by atoms with E-state index in [2.05, 4.69) is 16.2 Å². The lowest BCUT2D eigenvalue weighted by atomic mass is 10.1. The maximum Gasteiger partial charge on any atom is 0.306 e. The van der Waals surface area contributed by atoms with Gasteiger partial charge in [0.1, 0.15) is 0 Å². The summed E-state index contributed by atoms with van der Waals surface area (Å²) in [5, 5.41) is 2.76. The number of aryl methyl sites for hydroxylation is 2. The molecule has 0 atom stereocenters. The number of hydrazine groups is 1. The van der Waals surface area contributed by atoms with Crippen LogP contribution in [0.1, 0.15) is 42.4 Å². The Bertz CT molecular complexity index is 944. The summed E-state index contributed by atoms with van der Waals surface area (Å²) >= 11 is 0. The van der Waals surface area contributed by atoms with Crippen molar-refractivity contribution >= 4 is 29.4 Å². The van der Waals surface area contributed by atoms with Gasteiger partial charge >= 0.3 is 5.97 Å². The summed E-state index contributed by atoms with van der Waals surface area (Å²) in [5.41, 5.74) is 8.26. The number of nitrogens with one attached hydrogen (secondary N) is 3. The van der Waals surface area contributed by atoms with Crippen LogP contribution in [0.25, 0.3) is 0 Å². The molecular weight excluding hydrogens is 410 g/mol. The van der Waals surface area contributed by atoms with Gasteiger partial charge in [0.25, 0.3) is 0 Å². The number of anilines is 1. The van der Waals surface area contributed by atoms with E-state index in [9.17, 15) is 19.2 Å². The number of ether oxygens (including phenoxy) is 1. The SMILES string of the molecule is Cc1ccc(NC(=O)CCC(=O)NNC(=O)CCC(=O)OCCc2ccccc2)c(C)c1. The zero-order valence-corrected chi connectivity index (χ0v) is 18.4. The fraction of sp³-hybridized carbons (Fsp3) is 0.333. The van der Waals surface area contributed by atoms with E-state index in [1.807, 2.05) is 62.4 Å². The van der Waals surface area contributed by atoms with Crippen LogP contribution < -0.4 is 16.2 Å². The van der Waals surface area contributed by atoms with Crippen molar-refractivity contribution in [3.8, 4) is 0 Å². The van der Waals surface area contributed by atoms with E-state index in [0.717, 1.165) is 16.7 Å². The van der Waals surface area contributed by atoms with Crippen molar-refractivity contribution in [2.24, 2.45) is 0 Å². The Morgan fingerprint density at radius 3 is 2.06 bits per heavy atom. The molecule has 0 radical (unpaired) electrons. The predicted molar refractivity (Wildman–Crippen MR) is 120 cm³/mol. The third kappa shape index (κ3) is 9.42. The van der Waals surface area contributed by atoms with E-state index in [0.29, 0.717) is 12.1 Å². The van der Waals surface area contributed by atoms with Crippen molar-refractivity contribution in [2.45, 2.75) is 46.0 Å². The van der Waals surface area contributed by atoms with Gasteiger partial charge in [-0.3, -0.25) is 30.0 Å². The van der Waals surface area contributed by atoms with Gasteiger partial charge in [0.15, 0.2) is 0 Å². The van der Waals surface area contributed by atoms with Crippen molar-refractivity contribution in [3.05, 3.63) is 65.2 Å². The van der Waals surface area contributed by atoms with Gasteiger partial charge in [-0.25, -0.2) is 0 Å². The number of benzene rings is 2. The maximum absolute atomic E-state index is 12.0. The average molecular weight is 440 g/mol. The predicted octanol–water partition coefficient (Wildman–Crippen LogP) is 2.74. The van der Waals surface area contributed by atoms with Gasteiger partial charge in [0.2, 0.25) is 17.7 Å². The smallest absolute Gasteiger partial charge is 0.306 e. The van der Waals surface area contributed by atoms with Crippen LogP contribution in [0, 0.1) is 13.8 Å². The first-order chi connectivity index (χ1) is 15.3. The van der Waals surface area contributed by atoms with E-state index in [1.54, 1.807) is 0 Å². The molecule has 2 aromatic rings. The molecule has 0 saturated carbocycles. The molecule has 0 saturated heterocycles. The van der Waals surface area contributed by atoms with Gasteiger partial charge in [-0.05, 0) is 31.0 Å². The van der Waals surface area contributed by atoms with Gasteiger partial charge in [-0.15, -0.1) is 0 Å². The summed E-state index contributed by atoms with van der Waals surface area (Å²) in [6, 6.07) is 15.3. The summed E-state index contributed by atoms with van der Waals surface area (Å²) in [5.74, 6) is -1.79. The van der Waals surface area contributed by atoms with Crippen molar-refractivity contribution in [1.29, 1.82) is 0 Å². The van der Waals surface area contributed by atoms with Gasteiger partial charge < -0.3 is 10.1 Å². The first kappa shape index (κ1) is 24.6. The normalized spacial score (nSPS) is 10.2. The molecule has 3 N–H and O–H groups in total. The molecular formula is C24H29N3O5. The highest BCUT2D eigenvalue weighted by atomic mass is 16.5. The third-order valence-corrected chi connectivity index (χ3v) is 4.63. The lowest BCUT2D eigenvalue weighted by Crippen LogP contribution is -2.41. The number of carbonyl (C=O) groups excluding carboxylic acids is 4. The van der Waals surface area contributed by atoms with Crippen molar-refractivity contribution < 1.29 is 23.9 Å². The zero-order valence-electron chi connectivity index (χ0n) is 18.4. The summed E-state index contributed by atoms with van der Waals surface area (Å²) in [6.07, 6.45) is 0.291. The maximum atomic E-state index is 12.0. The average Bonchev–Trinajstić information content (AvgIpc) is 2.77. The van der Waals surface area contributed by atoms with Crippen LogP contribution in [0.15, 0.2) is 48.5 Å². The van der Waals surface area contributed by atoms with Gasteiger partial charge in [0.05, 0.1) is 13.0 Å². The Hall–Kier alpha value is -3.68. The van der Waals surface area contributed by atoms with Crippen LogP contribution in [0.5, 0.6) is 0 Å². The van der Waals surface area contributed by atoms with E-state index in [4.69, 9.17) is 4.74 Å². The highest BCUT2D eigenvalue weighted by Gasteiger charge is 2.11. The Morgan fingerprint density at radius 2 is 1.41 bits per heavy atom. The number of hydrogen-bond acceptors (Lipinski definition) is 5. The molecule has 0 spiro atoms. The fourth-order valence-corrected chi connectivity index (χ4v) is 2.87. The molecule has 0 aliphatic heterocycles. The number of carbonyl (C=O) groups is 4. The molecule has 0 heterocycles. The largest absolute Gasteiger partial charge is 0.465 e. The summed E-state index contributed by atoms with van der Waals surface area (Å²) in [6.45, 7) is 4.10. The number of esters is 1. The molecule has 2 aromatic carbocycles. The lowest BCUT2D eigenvalue weighted by molar-refractivity contribution is -0.145. The Kier molecular flexibility index (Phi) is 9.90. The molecule has 3 amide bonds. The van der Waals surface area contributed by atoms with Crippen LogP contribution in [0.3, 0.4) is 0 Å². The quantitative estimate of drug-likeness (QED) is 0.389. The molecule has 32 heavy (non-hydrogen) atoms. The van der Waals surface area contributed by atoms with Gasteiger partial charge in [-0.2, -0.15) is 0 Å². The number of amides is 3. The zero-order chi connectivity index (χ0) is 23.3. The standard InChI is InChI=1S/C24H29N3O5/c1-17-8-9-20(18(2)16-17)25-21(28)10-11-22(29)26-27-23(30)12-13-24(31)32-15-14-19-6-4-3-5-7-19/h3-9,16H,10-15H2,1-2H3,(H,25,28)(H,26,29)(H,27,30). The molecule has 0 fully saturated rings. The second kappa shape index (κ2) is 12.9. The highest BCUT2D eigenvalue weighted by molar-refractivity contribution is 5.94. The second-order valence-corrected chi connectivity index (χ2v) is 7.42. The summed E-state index contributed by atoms with van der Waals surface area (Å²) in [7, 11) is 0. The molecule has 8 heteroatoms. The van der Waals surface area contributed by atoms with Gasteiger partial charge in [-0.1, -0.05) is 48.0 Å². The van der Waals surface area contributed by atoms with Crippen molar-refractivity contribution in [1.82, 2.24) is 10.9 Å². The number of hydrogen-bond donors (Lipinski definition) is 3. The molecule has 2 rings (SSSR count). The molecule has 170 valence electrons. The third-order valence-electron chi connectivity index (χ3n) is 4.63. The molecule has 0 bridgehead atoms. The van der Waals surface area contributed by atoms with Crippen LogP contribution >= 0.6 is 0 Å². The minimum Gasteiger partial charge on any atom is -0.465 e. The van der Waals surface area contributed by atoms with E-state index >= 15 is 0 Å². The molecule has 0 aromatic heterocycles. The number of rotatable bonds is 10. The topological polar surface area (TPSA) is 114 Å². The minimum absolute atomic E-state index is 0.0250. The van der Waals surface area contributed by atoms with Crippen LogP contribution in [0.2, 0.25) is 0 Å². The second-order valence-electron chi connectivity index (χ2n) is 7.42. The lowest BCUT2D eigenvalue weighted by Gasteiger charge is -2.10. The monoisotopic (exact) mass is 439 g/mol. The molecule has 8 nitrogen and oxygen atoms in total. The Morgan fingerprint density at radius 1 is 0.781 bits per heavy atom. The van der Waals surface area contributed by atoms with Crippen molar-refractivity contribution in [2.75, 3.05) is 11.9 Å². The Balaban J connectivity index is 1.56. The van der Waals surface area contributed by atoms with E-state index in [-0.39, 0.29) is 38.2 Å². The summed E-state index contributed by atoms with van der Waals surface area (Å²) in [4.78, 5) is 47.3. The molecule has 0 unspecified atom stereocenters. The van der Waals surface area contributed by atoms with Crippen LogP contribution in [-0.4, -0.2) is 30.3 Å².